The third-order valence-electron chi connectivity index (χ3n) is 3.72. The molecule has 1 amide bonds. The highest BCUT2D eigenvalue weighted by Crippen LogP contribution is 2.26. The number of carbonyl (C=O) groups is 1. The summed E-state index contributed by atoms with van der Waals surface area (Å²) in [6.07, 6.45) is 0.785. The number of nitrogens with one attached hydrogen (secondary N) is 1. The molecule has 3 aromatic rings. The van der Waals surface area contributed by atoms with Crippen molar-refractivity contribution in [1.29, 1.82) is 5.26 Å². The van der Waals surface area contributed by atoms with Crippen LogP contribution in [0.5, 0.6) is 0 Å². The molecule has 1 atom stereocenters. The van der Waals surface area contributed by atoms with Gasteiger partial charge in [-0.25, -0.2) is 0 Å². The van der Waals surface area contributed by atoms with Crippen LogP contribution in [-0.2, 0) is 6.42 Å². The average Bonchev–Trinajstić information content (AvgIpc) is 2.98. The fourth-order valence-electron chi connectivity index (χ4n) is 2.61. The Morgan fingerprint density at radius 3 is 2.91 bits per heavy atom. The van der Waals surface area contributed by atoms with Crippen LogP contribution < -0.4 is 5.32 Å². The molecule has 0 fully saturated rings. The molecule has 23 heavy (non-hydrogen) atoms. The van der Waals surface area contributed by atoms with Gasteiger partial charge >= 0.3 is 0 Å². The Bertz CT molecular complexity index is 892. The molecule has 0 saturated carbocycles. The maximum absolute atomic E-state index is 12.3. The maximum Gasteiger partial charge on any atom is 0.251 e. The lowest BCUT2D eigenvalue weighted by atomic mass is 10.1. The second-order valence-electron chi connectivity index (χ2n) is 5.53. The molecule has 3 nitrogen and oxygen atoms in total. The van der Waals surface area contributed by atoms with Crippen molar-refractivity contribution in [2.24, 2.45) is 0 Å². The summed E-state index contributed by atoms with van der Waals surface area (Å²) in [7, 11) is 0. The van der Waals surface area contributed by atoms with E-state index in [0.29, 0.717) is 11.1 Å². The first kappa shape index (κ1) is 15.3. The van der Waals surface area contributed by atoms with Crippen LogP contribution in [0.15, 0.2) is 53.9 Å². The summed E-state index contributed by atoms with van der Waals surface area (Å²) in [6.45, 7) is 2.00. The highest BCUT2D eigenvalue weighted by atomic mass is 32.1. The average molecular weight is 320 g/mol. The Labute approximate surface area is 139 Å². The SMILES string of the molecule is C[C@@H](Cc1csc2ccccc12)NC(=O)c1cccc(C#N)c1. The quantitative estimate of drug-likeness (QED) is 0.785. The number of nitriles is 1. The van der Waals surface area contributed by atoms with Gasteiger partial charge in [-0.05, 0) is 53.9 Å². The molecule has 1 heterocycles. The van der Waals surface area contributed by atoms with E-state index in [9.17, 15) is 4.79 Å². The molecule has 0 aliphatic carbocycles. The van der Waals surface area contributed by atoms with Crippen molar-refractivity contribution >= 4 is 27.3 Å². The molecule has 0 aliphatic heterocycles. The molecule has 0 bridgehead atoms. The van der Waals surface area contributed by atoms with Gasteiger partial charge in [0.2, 0.25) is 0 Å². The van der Waals surface area contributed by atoms with Crippen LogP contribution in [0.3, 0.4) is 0 Å². The predicted octanol–water partition coefficient (Wildman–Crippen LogP) is 4.13. The minimum Gasteiger partial charge on any atom is -0.349 e. The normalized spacial score (nSPS) is 11.8. The fourth-order valence-corrected chi connectivity index (χ4v) is 3.58. The number of benzene rings is 2. The molecule has 2 aromatic carbocycles. The molecule has 1 N–H and O–H groups in total. The van der Waals surface area contributed by atoms with E-state index in [0.717, 1.165) is 6.42 Å². The first-order chi connectivity index (χ1) is 11.2. The molecule has 0 saturated heterocycles. The lowest BCUT2D eigenvalue weighted by molar-refractivity contribution is 0.0940. The van der Waals surface area contributed by atoms with Crippen LogP contribution in [-0.4, -0.2) is 11.9 Å². The second-order valence-corrected chi connectivity index (χ2v) is 6.44. The van der Waals surface area contributed by atoms with Crippen LogP contribution in [0, 0.1) is 11.3 Å². The van der Waals surface area contributed by atoms with Crippen molar-refractivity contribution in [1.82, 2.24) is 5.32 Å². The van der Waals surface area contributed by atoms with Gasteiger partial charge < -0.3 is 5.32 Å². The van der Waals surface area contributed by atoms with Crippen molar-refractivity contribution in [3.63, 3.8) is 0 Å². The summed E-state index contributed by atoms with van der Waals surface area (Å²) in [5.41, 5.74) is 2.27. The summed E-state index contributed by atoms with van der Waals surface area (Å²) in [4.78, 5) is 12.3. The second kappa shape index (κ2) is 6.64. The van der Waals surface area contributed by atoms with E-state index in [-0.39, 0.29) is 11.9 Å². The molecular formula is C19H16N2OS. The molecule has 0 spiro atoms. The van der Waals surface area contributed by atoms with Crippen LogP contribution in [0.2, 0.25) is 0 Å². The van der Waals surface area contributed by atoms with Gasteiger partial charge in [-0.2, -0.15) is 5.26 Å². The van der Waals surface area contributed by atoms with Crippen molar-refractivity contribution in [2.45, 2.75) is 19.4 Å². The van der Waals surface area contributed by atoms with Crippen molar-refractivity contribution in [3.8, 4) is 6.07 Å². The van der Waals surface area contributed by atoms with E-state index >= 15 is 0 Å². The molecule has 1 aromatic heterocycles. The third kappa shape index (κ3) is 3.41. The maximum atomic E-state index is 12.3. The van der Waals surface area contributed by atoms with E-state index in [1.54, 1.807) is 35.6 Å². The number of hydrogen-bond acceptors (Lipinski definition) is 3. The van der Waals surface area contributed by atoms with Gasteiger partial charge in [0.15, 0.2) is 0 Å². The van der Waals surface area contributed by atoms with Crippen LogP contribution >= 0.6 is 11.3 Å². The molecule has 4 heteroatoms. The number of amides is 1. The van der Waals surface area contributed by atoms with E-state index in [2.05, 4.69) is 28.9 Å². The lowest BCUT2D eigenvalue weighted by Crippen LogP contribution is -2.34. The Balaban J connectivity index is 1.70. The Morgan fingerprint density at radius 1 is 1.26 bits per heavy atom. The van der Waals surface area contributed by atoms with Crippen LogP contribution in [0.25, 0.3) is 10.1 Å². The number of nitrogens with zero attached hydrogens (tertiary/aromatic N) is 1. The number of hydrogen-bond donors (Lipinski definition) is 1. The topological polar surface area (TPSA) is 52.9 Å². The van der Waals surface area contributed by atoms with Crippen LogP contribution in [0.1, 0.15) is 28.4 Å². The number of fused-ring (bicyclic) bond motifs is 1. The summed E-state index contributed by atoms with van der Waals surface area (Å²) in [5.74, 6) is -0.144. The van der Waals surface area contributed by atoms with Crippen molar-refractivity contribution in [3.05, 3.63) is 70.6 Å². The number of rotatable bonds is 4. The van der Waals surface area contributed by atoms with Crippen molar-refractivity contribution < 1.29 is 4.79 Å². The van der Waals surface area contributed by atoms with E-state index in [1.165, 1.54) is 15.6 Å². The van der Waals surface area contributed by atoms with Crippen molar-refractivity contribution in [2.75, 3.05) is 0 Å². The predicted molar refractivity (Wildman–Crippen MR) is 93.6 cm³/mol. The molecule has 0 aliphatic rings. The highest BCUT2D eigenvalue weighted by molar-refractivity contribution is 7.17. The van der Waals surface area contributed by atoms with Gasteiger partial charge in [-0.3, -0.25) is 4.79 Å². The zero-order chi connectivity index (χ0) is 16.2. The van der Waals surface area contributed by atoms with Gasteiger partial charge in [0.25, 0.3) is 5.91 Å². The fraction of sp³-hybridized carbons (Fsp3) is 0.158. The van der Waals surface area contributed by atoms with Gasteiger partial charge in [0.1, 0.15) is 0 Å². The summed E-state index contributed by atoms with van der Waals surface area (Å²) >= 11 is 1.73. The first-order valence-corrected chi connectivity index (χ1v) is 8.31. The third-order valence-corrected chi connectivity index (χ3v) is 4.73. The van der Waals surface area contributed by atoms with Gasteiger partial charge in [-0.15, -0.1) is 11.3 Å². The molecule has 114 valence electrons. The summed E-state index contributed by atoms with van der Waals surface area (Å²) in [6, 6.07) is 17.1. The number of thiophene rings is 1. The van der Waals surface area contributed by atoms with E-state index in [4.69, 9.17) is 5.26 Å². The molecule has 0 unspecified atom stereocenters. The molecule has 3 rings (SSSR count). The first-order valence-electron chi connectivity index (χ1n) is 7.43. The highest BCUT2D eigenvalue weighted by Gasteiger charge is 2.13. The smallest absolute Gasteiger partial charge is 0.251 e. The minimum atomic E-state index is -0.144. The Morgan fingerprint density at radius 2 is 2.09 bits per heavy atom. The summed E-state index contributed by atoms with van der Waals surface area (Å²) in [5, 5.41) is 15.3. The van der Waals surface area contributed by atoms with Gasteiger partial charge in [0.05, 0.1) is 11.6 Å². The zero-order valence-electron chi connectivity index (χ0n) is 12.7. The van der Waals surface area contributed by atoms with Gasteiger partial charge in [-0.1, -0.05) is 24.3 Å². The monoisotopic (exact) mass is 320 g/mol. The van der Waals surface area contributed by atoms with Gasteiger partial charge in [0, 0.05) is 16.3 Å². The zero-order valence-corrected chi connectivity index (χ0v) is 13.6. The molecular weight excluding hydrogens is 304 g/mol. The van der Waals surface area contributed by atoms with E-state index < -0.39 is 0 Å². The standard InChI is InChI=1S/C19H16N2OS/c1-13(9-16-12-23-18-8-3-2-7-17(16)18)21-19(22)15-6-4-5-14(10-15)11-20/h2-8,10,12-13H,9H2,1H3,(H,21,22)/t13-/m0/s1. The molecule has 0 radical (unpaired) electrons. The van der Waals surface area contributed by atoms with E-state index in [1.807, 2.05) is 19.1 Å². The summed E-state index contributed by atoms with van der Waals surface area (Å²) < 4.78 is 1.27. The largest absolute Gasteiger partial charge is 0.349 e. The minimum absolute atomic E-state index is 0.0197. The number of carbonyl (C=O) groups excluding carboxylic acids is 1. The Hall–Kier alpha value is -2.64. The van der Waals surface area contributed by atoms with Crippen LogP contribution in [0.4, 0.5) is 0 Å². The lowest BCUT2D eigenvalue weighted by Gasteiger charge is -2.13. The Kier molecular flexibility index (Phi) is 4.40.